The lowest BCUT2D eigenvalue weighted by atomic mass is 10.0. The third-order valence-corrected chi connectivity index (χ3v) is 3.54. The zero-order valence-corrected chi connectivity index (χ0v) is 14.4. The Morgan fingerprint density at radius 2 is 1.79 bits per heavy atom. The van der Waals surface area contributed by atoms with Crippen LogP contribution < -0.4 is 4.74 Å². The van der Waals surface area contributed by atoms with Crippen molar-refractivity contribution in [2.75, 3.05) is 6.61 Å². The molecule has 1 radical (unpaired) electrons. The Bertz CT molecular complexity index is 551. The molecule has 0 aromatic heterocycles. The molecule has 0 heterocycles. The van der Waals surface area contributed by atoms with Crippen LogP contribution in [-0.4, -0.2) is 24.8 Å². The molecule has 131 valence electrons. The number of unbranched alkanes of at least 4 members (excludes halogenated alkanes) is 4. The molecule has 5 heteroatoms. The highest BCUT2D eigenvalue weighted by Gasteiger charge is 2.14. The summed E-state index contributed by atoms with van der Waals surface area (Å²) in [5.41, 5.74) is 0.471. The van der Waals surface area contributed by atoms with Crippen molar-refractivity contribution >= 4 is 18.2 Å². The van der Waals surface area contributed by atoms with Crippen LogP contribution >= 0.6 is 0 Å². The lowest BCUT2D eigenvalue weighted by Gasteiger charge is -2.08. The molecule has 0 saturated heterocycles. The summed E-state index contributed by atoms with van der Waals surface area (Å²) in [5.74, 6) is 0.0220. The minimum atomic E-state index is -0.872. The van der Waals surface area contributed by atoms with Gasteiger partial charge in [0.2, 0.25) is 6.29 Å². The molecule has 0 atom stereocenters. The number of hydrogen-bond acceptors (Lipinski definition) is 5. The van der Waals surface area contributed by atoms with Crippen molar-refractivity contribution in [2.45, 2.75) is 58.8 Å². The molecule has 0 fully saturated rings. The van der Waals surface area contributed by atoms with Gasteiger partial charge >= 0.3 is 6.16 Å². The number of carbonyl (C=O) groups excluding carboxylic acids is 3. The Morgan fingerprint density at radius 1 is 1.04 bits per heavy atom. The predicted octanol–water partition coefficient (Wildman–Crippen LogP) is 4.61. The second-order valence-corrected chi connectivity index (χ2v) is 5.60. The van der Waals surface area contributed by atoms with Crippen LogP contribution in [0.25, 0.3) is 0 Å². The van der Waals surface area contributed by atoms with Crippen LogP contribution in [0.15, 0.2) is 18.2 Å². The van der Waals surface area contributed by atoms with E-state index in [1.165, 1.54) is 18.6 Å². The van der Waals surface area contributed by atoms with Crippen molar-refractivity contribution in [2.24, 2.45) is 0 Å². The highest BCUT2D eigenvalue weighted by atomic mass is 16.7. The molecule has 24 heavy (non-hydrogen) atoms. The second kappa shape index (κ2) is 11.4. The summed E-state index contributed by atoms with van der Waals surface area (Å²) in [6.07, 6.45) is 7.28. The van der Waals surface area contributed by atoms with E-state index in [0.29, 0.717) is 18.4 Å². The lowest BCUT2D eigenvalue weighted by Crippen LogP contribution is -2.12. The third kappa shape index (κ3) is 6.94. The van der Waals surface area contributed by atoms with Crippen molar-refractivity contribution in [1.29, 1.82) is 0 Å². The molecule has 0 spiro atoms. The molecule has 0 amide bonds. The minimum absolute atomic E-state index is 0.0249. The van der Waals surface area contributed by atoms with Crippen molar-refractivity contribution in [3.05, 3.63) is 29.3 Å². The van der Waals surface area contributed by atoms with E-state index in [0.717, 1.165) is 25.7 Å². The molecule has 5 nitrogen and oxygen atoms in total. The number of Topliss-reactive ketones (excluding diaryl/α,β-unsaturated/α-hetero) is 1. The molecular weight excluding hydrogens is 308 g/mol. The van der Waals surface area contributed by atoms with Gasteiger partial charge in [0.1, 0.15) is 5.75 Å². The number of benzene rings is 1. The number of ether oxygens (including phenoxy) is 2. The molecule has 0 unspecified atom stereocenters. The van der Waals surface area contributed by atoms with Gasteiger partial charge in [0, 0.05) is 12.0 Å². The molecule has 1 aromatic rings. The first-order valence-corrected chi connectivity index (χ1v) is 8.52. The van der Waals surface area contributed by atoms with Gasteiger partial charge in [-0.25, -0.2) is 4.79 Å². The highest BCUT2D eigenvalue weighted by Crippen LogP contribution is 2.20. The summed E-state index contributed by atoms with van der Waals surface area (Å²) in [7, 11) is 0. The first-order valence-electron chi connectivity index (χ1n) is 8.52. The van der Waals surface area contributed by atoms with Gasteiger partial charge < -0.3 is 9.47 Å². The molecule has 0 saturated carbocycles. The first-order chi connectivity index (χ1) is 11.6. The monoisotopic (exact) mass is 333 g/mol. The molecule has 0 aliphatic carbocycles. The largest absolute Gasteiger partial charge is 0.513 e. The van der Waals surface area contributed by atoms with Crippen LogP contribution in [0.5, 0.6) is 5.75 Å². The maximum atomic E-state index is 12.2. The third-order valence-electron chi connectivity index (χ3n) is 3.54. The Balaban J connectivity index is 2.63. The topological polar surface area (TPSA) is 69.7 Å². The summed E-state index contributed by atoms with van der Waals surface area (Å²) in [5, 5.41) is 0. The summed E-state index contributed by atoms with van der Waals surface area (Å²) in [6.45, 7) is 4.25. The van der Waals surface area contributed by atoms with Crippen molar-refractivity contribution < 1.29 is 23.9 Å². The van der Waals surface area contributed by atoms with Crippen molar-refractivity contribution in [3.63, 3.8) is 0 Å². The van der Waals surface area contributed by atoms with Gasteiger partial charge in [0.15, 0.2) is 5.78 Å². The van der Waals surface area contributed by atoms with E-state index in [4.69, 9.17) is 9.47 Å². The van der Waals surface area contributed by atoms with E-state index in [2.05, 4.69) is 6.92 Å². The Hall–Kier alpha value is -2.17. The Morgan fingerprint density at radius 3 is 2.46 bits per heavy atom. The Labute approximate surface area is 143 Å². The summed E-state index contributed by atoms with van der Waals surface area (Å²) in [4.78, 5) is 34.7. The van der Waals surface area contributed by atoms with Gasteiger partial charge in [0.05, 0.1) is 12.2 Å². The smallest absolute Gasteiger partial charge is 0.434 e. The molecular formula is C19H25O5. The van der Waals surface area contributed by atoms with Gasteiger partial charge in [-0.05, 0) is 31.0 Å². The van der Waals surface area contributed by atoms with Crippen molar-refractivity contribution in [1.82, 2.24) is 0 Å². The summed E-state index contributed by atoms with van der Waals surface area (Å²) >= 11 is 0. The average molecular weight is 333 g/mol. The minimum Gasteiger partial charge on any atom is -0.434 e. The van der Waals surface area contributed by atoms with Crippen LogP contribution in [0.4, 0.5) is 4.79 Å². The van der Waals surface area contributed by atoms with Gasteiger partial charge in [-0.3, -0.25) is 9.59 Å². The number of hydrogen-bond donors (Lipinski definition) is 0. The van der Waals surface area contributed by atoms with Crippen LogP contribution in [-0.2, 0) is 9.53 Å². The molecule has 1 aromatic carbocycles. The number of ketones is 1. The lowest BCUT2D eigenvalue weighted by molar-refractivity contribution is 0.0978. The fourth-order valence-electron chi connectivity index (χ4n) is 2.21. The zero-order chi connectivity index (χ0) is 17.8. The standard InChI is InChI=1S/C19H25O5/c1-3-5-6-7-8-9-17(21)15-10-11-18(16(13-15)14-20)24-19(22)23-12-4-2/h10-11,13H,3-9,12H2,1-2H3. The average Bonchev–Trinajstić information content (AvgIpc) is 2.59. The normalized spacial score (nSPS) is 10.2. The highest BCUT2D eigenvalue weighted by molar-refractivity contribution is 5.98. The number of rotatable bonds is 11. The summed E-state index contributed by atoms with van der Waals surface area (Å²) in [6, 6.07) is 4.39. The zero-order valence-electron chi connectivity index (χ0n) is 14.4. The second-order valence-electron chi connectivity index (χ2n) is 5.60. The molecule has 0 aliphatic heterocycles. The summed E-state index contributed by atoms with van der Waals surface area (Å²) < 4.78 is 9.76. The fraction of sp³-hybridized carbons (Fsp3) is 0.526. The number of carbonyl (C=O) groups is 2. The van der Waals surface area contributed by atoms with Gasteiger partial charge in [0.25, 0.3) is 0 Å². The molecule has 0 N–H and O–H groups in total. The SMILES string of the molecule is CCCCCCCC(=O)c1ccc(OC(=O)OCCC)c([C]=O)c1. The first kappa shape index (κ1) is 19.9. The quantitative estimate of drug-likeness (QED) is 0.256. The van der Waals surface area contributed by atoms with E-state index >= 15 is 0 Å². The molecule has 1 rings (SSSR count). The Kier molecular flexibility index (Phi) is 9.42. The maximum absolute atomic E-state index is 12.2. The fourth-order valence-corrected chi connectivity index (χ4v) is 2.21. The van der Waals surface area contributed by atoms with E-state index in [1.807, 2.05) is 6.92 Å². The van der Waals surface area contributed by atoms with E-state index in [1.54, 1.807) is 12.4 Å². The van der Waals surface area contributed by atoms with Crippen molar-refractivity contribution in [3.8, 4) is 5.75 Å². The van der Waals surface area contributed by atoms with Crippen LogP contribution in [0.3, 0.4) is 0 Å². The van der Waals surface area contributed by atoms with Crippen LogP contribution in [0.2, 0.25) is 0 Å². The van der Waals surface area contributed by atoms with E-state index in [9.17, 15) is 14.4 Å². The molecule has 0 aliphatic rings. The van der Waals surface area contributed by atoms with Gasteiger partial charge in [-0.2, -0.15) is 0 Å². The predicted molar refractivity (Wildman–Crippen MR) is 91.2 cm³/mol. The molecule has 0 bridgehead atoms. The maximum Gasteiger partial charge on any atom is 0.513 e. The van der Waals surface area contributed by atoms with E-state index < -0.39 is 6.16 Å². The van der Waals surface area contributed by atoms with Gasteiger partial charge in [-0.15, -0.1) is 0 Å². The van der Waals surface area contributed by atoms with Crippen LogP contribution in [0.1, 0.15) is 74.7 Å². The van der Waals surface area contributed by atoms with Crippen LogP contribution in [0, 0.1) is 0 Å². The van der Waals surface area contributed by atoms with Gasteiger partial charge in [-0.1, -0.05) is 39.5 Å². The van der Waals surface area contributed by atoms with E-state index in [-0.39, 0.29) is 23.7 Å².